The summed E-state index contributed by atoms with van der Waals surface area (Å²) in [5.74, 6) is 0. The van der Waals surface area contributed by atoms with Gasteiger partial charge in [0.1, 0.15) is 0 Å². The lowest BCUT2D eigenvalue weighted by Crippen LogP contribution is -2.51. The normalized spacial score (nSPS) is 21.1. The highest BCUT2D eigenvalue weighted by Crippen LogP contribution is 2.21. The van der Waals surface area contributed by atoms with Gasteiger partial charge in [-0.15, -0.1) is 0 Å². The molecular weight excluding hydrogens is 224 g/mol. The lowest BCUT2D eigenvalue weighted by Gasteiger charge is -2.40. The van der Waals surface area contributed by atoms with Crippen LogP contribution in [0, 0.1) is 0 Å². The Morgan fingerprint density at radius 3 is 2.89 bits per heavy atom. The zero-order valence-electron chi connectivity index (χ0n) is 11.7. The summed E-state index contributed by atoms with van der Waals surface area (Å²) in [6, 6.07) is 2.86. The maximum Gasteiger partial charge on any atom is 0.0574 e. The van der Waals surface area contributed by atoms with Gasteiger partial charge >= 0.3 is 0 Å². The lowest BCUT2D eigenvalue weighted by atomic mass is 10.1. The van der Waals surface area contributed by atoms with E-state index in [1.54, 1.807) is 0 Å². The Bertz CT molecular complexity index is 380. The highest BCUT2D eigenvalue weighted by molar-refractivity contribution is 5.55. The van der Waals surface area contributed by atoms with E-state index >= 15 is 0 Å². The standard InChI is InChI=1S/C14H24N4/c1-4-13-11-18(7-6-17(13)3)14-8-12(16-5-2)9-15-10-14/h8-10,13,16H,4-7,11H2,1-3H3. The van der Waals surface area contributed by atoms with Gasteiger partial charge in [0.2, 0.25) is 0 Å². The van der Waals surface area contributed by atoms with Gasteiger partial charge in [0, 0.05) is 32.2 Å². The molecule has 2 rings (SSSR count). The van der Waals surface area contributed by atoms with E-state index in [2.05, 4.69) is 47.1 Å². The first-order chi connectivity index (χ1) is 8.74. The molecule has 1 saturated heterocycles. The van der Waals surface area contributed by atoms with Crippen molar-refractivity contribution >= 4 is 11.4 Å². The second-order valence-corrected chi connectivity index (χ2v) is 4.95. The van der Waals surface area contributed by atoms with E-state index in [9.17, 15) is 0 Å². The molecule has 100 valence electrons. The summed E-state index contributed by atoms with van der Waals surface area (Å²) in [6.07, 6.45) is 5.06. The van der Waals surface area contributed by atoms with E-state index in [0.29, 0.717) is 6.04 Å². The molecule has 2 heterocycles. The van der Waals surface area contributed by atoms with Crippen LogP contribution in [0.1, 0.15) is 20.3 Å². The molecule has 4 nitrogen and oxygen atoms in total. The van der Waals surface area contributed by atoms with Crippen LogP contribution in [0.3, 0.4) is 0 Å². The van der Waals surface area contributed by atoms with Crippen LogP contribution < -0.4 is 10.2 Å². The minimum absolute atomic E-state index is 0.654. The summed E-state index contributed by atoms with van der Waals surface area (Å²) >= 11 is 0. The topological polar surface area (TPSA) is 31.4 Å². The van der Waals surface area contributed by atoms with Crippen LogP contribution in [0.25, 0.3) is 0 Å². The molecule has 18 heavy (non-hydrogen) atoms. The van der Waals surface area contributed by atoms with Crippen molar-refractivity contribution in [3.63, 3.8) is 0 Å². The number of nitrogens with one attached hydrogen (secondary N) is 1. The molecule has 1 atom stereocenters. The molecular formula is C14H24N4. The maximum atomic E-state index is 4.33. The van der Waals surface area contributed by atoms with Crippen molar-refractivity contribution < 1.29 is 0 Å². The number of likely N-dealkylation sites (N-methyl/N-ethyl adjacent to an activating group) is 1. The third-order valence-corrected chi connectivity index (χ3v) is 3.72. The van der Waals surface area contributed by atoms with Crippen LogP contribution in [0.15, 0.2) is 18.5 Å². The van der Waals surface area contributed by atoms with Gasteiger partial charge < -0.3 is 10.2 Å². The largest absolute Gasteiger partial charge is 0.384 e. The summed E-state index contributed by atoms with van der Waals surface area (Å²) in [5.41, 5.74) is 2.35. The molecule has 0 spiro atoms. The second kappa shape index (κ2) is 6.05. The Kier molecular flexibility index (Phi) is 4.42. The molecule has 0 amide bonds. The Morgan fingerprint density at radius 1 is 1.33 bits per heavy atom. The van der Waals surface area contributed by atoms with Crippen LogP contribution in [-0.4, -0.2) is 49.2 Å². The first-order valence-electron chi connectivity index (χ1n) is 6.88. The molecule has 0 radical (unpaired) electrons. The first-order valence-corrected chi connectivity index (χ1v) is 6.88. The molecule has 1 unspecified atom stereocenters. The van der Waals surface area contributed by atoms with Crippen molar-refractivity contribution in [2.45, 2.75) is 26.3 Å². The smallest absolute Gasteiger partial charge is 0.0574 e. The molecule has 0 bridgehead atoms. The van der Waals surface area contributed by atoms with E-state index in [1.165, 1.54) is 12.1 Å². The predicted molar refractivity (Wildman–Crippen MR) is 77.3 cm³/mol. The molecule has 1 aliphatic rings. The first kappa shape index (κ1) is 13.1. The second-order valence-electron chi connectivity index (χ2n) is 4.95. The number of pyridine rings is 1. The number of piperazine rings is 1. The van der Waals surface area contributed by atoms with Crippen LogP contribution in [-0.2, 0) is 0 Å². The zero-order chi connectivity index (χ0) is 13.0. The van der Waals surface area contributed by atoms with Crippen molar-refractivity contribution in [2.24, 2.45) is 0 Å². The Balaban J connectivity index is 2.09. The molecule has 1 aliphatic heterocycles. The van der Waals surface area contributed by atoms with Crippen molar-refractivity contribution in [3.05, 3.63) is 18.5 Å². The van der Waals surface area contributed by atoms with Crippen molar-refractivity contribution in [1.29, 1.82) is 0 Å². The zero-order valence-corrected chi connectivity index (χ0v) is 11.7. The summed E-state index contributed by atoms with van der Waals surface area (Å²) in [4.78, 5) is 9.23. The van der Waals surface area contributed by atoms with E-state index in [4.69, 9.17) is 0 Å². The third-order valence-electron chi connectivity index (χ3n) is 3.72. The van der Waals surface area contributed by atoms with E-state index < -0.39 is 0 Å². The number of nitrogens with zero attached hydrogens (tertiary/aromatic N) is 3. The lowest BCUT2D eigenvalue weighted by molar-refractivity contribution is 0.213. The fourth-order valence-electron chi connectivity index (χ4n) is 2.52. The number of rotatable bonds is 4. The van der Waals surface area contributed by atoms with Gasteiger partial charge in [0.25, 0.3) is 0 Å². The van der Waals surface area contributed by atoms with Gasteiger partial charge in [0.05, 0.1) is 23.8 Å². The SMILES string of the molecule is CCNc1cncc(N2CCN(C)C(CC)C2)c1. The Labute approximate surface area is 110 Å². The van der Waals surface area contributed by atoms with E-state index in [1.807, 2.05) is 12.4 Å². The highest BCUT2D eigenvalue weighted by atomic mass is 15.3. The van der Waals surface area contributed by atoms with Crippen LogP contribution in [0.5, 0.6) is 0 Å². The third kappa shape index (κ3) is 2.93. The van der Waals surface area contributed by atoms with Crippen molar-refractivity contribution in [1.82, 2.24) is 9.88 Å². The van der Waals surface area contributed by atoms with Gasteiger partial charge in [-0.2, -0.15) is 0 Å². The Hall–Kier alpha value is -1.29. The summed E-state index contributed by atoms with van der Waals surface area (Å²) in [7, 11) is 2.22. The monoisotopic (exact) mass is 248 g/mol. The van der Waals surface area contributed by atoms with Crippen molar-refractivity contribution in [2.75, 3.05) is 43.4 Å². The van der Waals surface area contributed by atoms with Gasteiger partial charge in [-0.25, -0.2) is 0 Å². The molecule has 1 N–H and O–H groups in total. The maximum absolute atomic E-state index is 4.33. The van der Waals surface area contributed by atoms with Gasteiger partial charge in [-0.3, -0.25) is 9.88 Å². The fourth-order valence-corrected chi connectivity index (χ4v) is 2.52. The average Bonchev–Trinajstić information content (AvgIpc) is 2.40. The van der Waals surface area contributed by atoms with E-state index in [0.717, 1.165) is 31.9 Å². The minimum Gasteiger partial charge on any atom is -0.384 e. The van der Waals surface area contributed by atoms with Crippen LogP contribution in [0.4, 0.5) is 11.4 Å². The molecule has 0 aromatic carbocycles. The summed E-state index contributed by atoms with van der Waals surface area (Å²) in [6.45, 7) is 8.62. The summed E-state index contributed by atoms with van der Waals surface area (Å²) < 4.78 is 0. The molecule has 1 aromatic rings. The van der Waals surface area contributed by atoms with Gasteiger partial charge in [-0.1, -0.05) is 6.92 Å². The van der Waals surface area contributed by atoms with Gasteiger partial charge in [0.15, 0.2) is 0 Å². The predicted octanol–water partition coefficient (Wildman–Crippen LogP) is 2.04. The number of hydrogen-bond donors (Lipinski definition) is 1. The van der Waals surface area contributed by atoms with E-state index in [-0.39, 0.29) is 0 Å². The molecule has 0 aliphatic carbocycles. The molecule has 4 heteroatoms. The average molecular weight is 248 g/mol. The van der Waals surface area contributed by atoms with Crippen molar-refractivity contribution in [3.8, 4) is 0 Å². The number of aromatic nitrogens is 1. The number of anilines is 2. The number of hydrogen-bond acceptors (Lipinski definition) is 4. The van der Waals surface area contributed by atoms with Gasteiger partial charge in [-0.05, 0) is 26.5 Å². The Morgan fingerprint density at radius 2 is 2.17 bits per heavy atom. The van der Waals surface area contributed by atoms with Crippen LogP contribution >= 0.6 is 0 Å². The quantitative estimate of drug-likeness (QED) is 0.883. The molecule has 1 aromatic heterocycles. The highest BCUT2D eigenvalue weighted by Gasteiger charge is 2.23. The summed E-state index contributed by atoms with van der Waals surface area (Å²) in [5, 5.41) is 3.32. The fraction of sp³-hybridized carbons (Fsp3) is 0.643. The minimum atomic E-state index is 0.654. The molecule has 1 fully saturated rings. The molecule has 0 saturated carbocycles. The van der Waals surface area contributed by atoms with Crippen LogP contribution in [0.2, 0.25) is 0 Å².